The highest BCUT2D eigenvalue weighted by Crippen LogP contribution is 2.46. The number of benzene rings is 4. The number of hydrogen-bond donors (Lipinski definition) is 6. The van der Waals surface area contributed by atoms with Crippen molar-refractivity contribution in [1.82, 2.24) is 0 Å². The molecule has 0 amide bonds. The first kappa shape index (κ1) is 33.2. The molecule has 0 radical (unpaired) electrons. The minimum atomic E-state index is -4.70. The first-order valence-corrected chi connectivity index (χ1v) is 14.7. The van der Waals surface area contributed by atoms with Crippen molar-refractivity contribution in [1.29, 1.82) is 0 Å². The van der Waals surface area contributed by atoms with E-state index in [-0.39, 0.29) is 45.1 Å². The quantitative estimate of drug-likeness (QED) is 0.0189. The smallest absolute Gasteiger partial charge is 0.296 e. The maximum Gasteiger partial charge on any atom is 0.296 e. The lowest BCUT2D eigenvalue weighted by Crippen LogP contribution is -2.21. The summed E-state index contributed by atoms with van der Waals surface area (Å²) in [6.45, 7) is 7.96. The molecule has 16 nitrogen and oxygen atoms in total. The Morgan fingerprint density at radius 1 is 1.07 bits per heavy atom. The Balaban J connectivity index is 1.81. The fourth-order valence-corrected chi connectivity index (χ4v) is 5.00. The van der Waals surface area contributed by atoms with Crippen LogP contribution >= 0.6 is 12.0 Å². The molecule has 0 aromatic heterocycles. The van der Waals surface area contributed by atoms with Gasteiger partial charge in [-0.2, -0.15) is 18.6 Å². The Kier molecular flexibility index (Phi) is 10.6. The average molecular weight is 657 g/mol. The summed E-state index contributed by atoms with van der Waals surface area (Å²) >= 11 is 0.396. The molecule has 0 heterocycles. The van der Waals surface area contributed by atoms with E-state index in [4.69, 9.17) is 22.3 Å². The van der Waals surface area contributed by atoms with Gasteiger partial charge in [0, 0.05) is 11.5 Å². The zero-order chi connectivity index (χ0) is 32.7. The number of ether oxygens (including phenoxy) is 1. The molecule has 7 N–H and O–H groups in total. The predicted octanol–water partition coefficient (Wildman–Crippen LogP) is 6.22. The topological polar surface area (TPSA) is 243 Å². The molecular weight excluding hydrogens is 632 g/mol. The Labute approximate surface area is 259 Å². The van der Waals surface area contributed by atoms with Crippen LogP contribution in [-0.2, 0) is 19.5 Å². The molecule has 4 aromatic rings. The molecule has 0 aliphatic rings. The fourth-order valence-electron chi connectivity index (χ4n) is 3.87. The third-order valence-corrected chi connectivity index (χ3v) is 7.55. The van der Waals surface area contributed by atoms with Crippen LogP contribution < -0.4 is 10.5 Å². The normalized spacial score (nSPS) is 12.6. The van der Waals surface area contributed by atoms with Crippen molar-refractivity contribution >= 4 is 67.1 Å². The summed E-state index contributed by atoms with van der Waals surface area (Å²) in [5, 5.41) is 59.4. The fraction of sp³-hybridized carbons (Fsp3) is 0.148. The van der Waals surface area contributed by atoms with Crippen molar-refractivity contribution in [3.8, 4) is 11.5 Å². The number of fused-ring (bicyclic) bond motifs is 1. The van der Waals surface area contributed by atoms with Crippen LogP contribution in [0.3, 0.4) is 0 Å². The average Bonchev–Trinajstić information content (AvgIpc) is 3.01. The summed E-state index contributed by atoms with van der Waals surface area (Å²) in [5.41, 5.74) is 7.05. The van der Waals surface area contributed by atoms with Gasteiger partial charge >= 0.3 is 0 Å². The molecule has 0 aliphatic heterocycles. The summed E-state index contributed by atoms with van der Waals surface area (Å²) in [5.74, 6) is -0.456. The van der Waals surface area contributed by atoms with Crippen LogP contribution in [0.4, 0.5) is 34.1 Å². The molecule has 0 aliphatic carbocycles. The van der Waals surface area contributed by atoms with E-state index in [1.54, 1.807) is 31.2 Å². The third-order valence-electron chi connectivity index (χ3n) is 6.02. The number of rotatable bonds is 12. The lowest BCUT2D eigenvalue weighted by molar-refractivity contribution is -0.432. The number of aliphatic hydroxyl groups is 2. The minimum absolute atomic E-state index is 0.00850. The summed E-state index contributed by atoms with van der Waals surface area (Å²) in [4.78, 5) is 2.75. The van der Waals surface area contributed by atoms with Crippen LogP contribution in [0.15, 0.2) is 84.8 Å². The molecule has 0 bridgehead atoms. The van der Waals surface area contributed by atoms with Crippen molar-refractivity contribution in [3.05, 3.63) is 71.6 Å². The maximum absolute atomic E-state index is 11.7. The minimum Gasteiger partial charge on any atom is -0.505 e. The third kappa shape index (κ3) is 8.07. The van der Waals surface area contributed by atoms with Gasteiger partial charge in [-0.1, -0.05) is 17.2 Å². The van der Waals surface area contributed by atoms with E-state index in [1.807, 2.05) is 0 Å². The molecule has 234 valence electrons. The predicted molar refractivity (Wildman–Crippen MR) is 161 cm³/mol. The number of nitrogens with zero attached hydrogens (tertiary/aromatic N) is 5. The van der Waals surface area contributed by atoms with Gasteiger partial charge in [-0.15, -0.1) is 14.6 Å². The summed E-state index contributed by atoms with van der Waals surface area (Å²) in [7, 11) is -4.70. The van der Waals surface area contributed by atoms with Gasteiger partial charge in [0.2, 0.25) is 0 Å². The van der Waals surface area contributed by atoms with Gasteiger partial charge in [-0.25, -0.2) is 10.1 Å². The number of aromatic hydroxyl groups is 1. The molecule has 1 atom stereocenters. The van der Waals surface area contributed by atoms with Crippen LogP contribution in [0.25, 0.3) is 15.6 Å². The van der Waals surface area contributed by atoms with Crippen molar-refractivity contribution in [3.63, 3.8) is 0 Å². The number of azo groups is 2. The number of phenolic OH excluding ortho intramolecular Hbond substituents is 1. The Morgan fingerprint density at radius 3 is 2.51 bits per heavy atom. The highest BCUT2D eigenvalue weighted by molar-refractivity contribution is 7.94. The zero-order valence-corrected chi connectivity index (χ0v) is 24.7. The van der Waals surface area contributed by atoms with Crippen LogP contribution in [0.1, 0.15) is 5.56 Å². The number of aryl methyl sites for hydroxylation is 1. The van der Waals surface area contributed by atoms with Crippen molar-refractivity contribution in [2.24, 2.45) is 20.5 Å². The number of anilines is 1. The van der Waals surface area contributed by atoms with E-state index in [0.29, 0.717) is 34.7 Å². The number of nitrogen functional groups attached to an aromatic ring is 1. The SMILES string of the molecule is [C-]#[N+]c1cccc(N=Nc2cc(OCC(O)CO)c(N=Nc3c(SOOO)cc4cc(S(=O)(=O)O)c(N)cc4c3O)cc2C)c1. The molecule has 45 heavy (non-hydrogen) atoms. The largest absolute Gasteiger partial charge is 0.505 e. The van der Waals surface area contributed by atoms with E-state index < -0.39 is 33.5 Å². The second-order valence-corrected chi connectivity index (χ2v) is 11.3. The standard InChI is InChI=1S/C27H24N6O10S2/c1-14-6-22(23(41-13-18(35)12-34)11-21(14)31-30-17-5-3-4-16(9-17)29-2)32-33-26-24(44-43-42-37)7-15-8-25(45(38,39)40)20(28)10-19(15)27(26)36/h3-11,18,34-37H,12-13,28H2,1H3,(H,38,39,40). The van der Waals surface area contributed by atoms with Gasteiger partial charge < -0.3 is 25.8 Å². The highest BCUT2D eigenvalue weighted by atomic mass is 32.2. The number of phenols is 1. The first-order valence-electron chi connectivity index (χ1n) is 12.5. The molecule has 0 spiro atoms. The summed E-state index contributed by atoms with van der Waals surface area (Å²) < 4.78 is 43.1. The van der Waals surface area contributed by atoms with E-state index in [0.717, 1.165) is 12.1 Å². The molecule has 18 heteroatoms. The van der Waals surface area contributed by atoms with Gasteiger partial charge in [-0.3, -0.25) is 4.55 Å². The molecule has 0 fully saturated rings. The molecular formula is C27H24N6O10S2. The summed E-state index contributed by atoms with van der Waals surface area (Å²) in [6, 6.07) is 13.0. The van der Waals surface area contributed by atoms with Crippen molar-refractivity contribution in [2.75, 3.05) is 18.9 Å². The Bertz CT molecular complexity index is 1950. The lowest BCUT2D eigenvalue weighted by atomic mass is 10.1. The lowest BCUT2D eigenvalue weighted by Gasteiger charge is -2.14. The second-order valence-electron chi connectivity index (χ2n) is 9.17. The van der Waals surface area contributed by atoms with Crippen LogP contribution in [0.5, 0.6) is 11.5 Å². The summed E-state index contributed by atoms with van der Waals surface area (Å²) in [6.07, 6.45) is -1.22. The number of aliphatic hydroxyl groups excluding tert-OH is 2. The number of hydrogen-bond acceptors (Lipinski definition) is 15. The van der Waals surface area contributed by atoms with E-state index in [2.05, 4.69) is 34.7 Å². The highest BCUT2D eigenvalue weighted by Gasteiger charge is 2.21. The van der Waals surface area contributed by atoms with Gasteiger partial charge in [0.1, 0.15) is 34.7 Å². The molecule has 0 saturated heterocycles. The zero-order valence-electron chi connectivity index (χ0n) is 23.1. The van der Waals surface area contributed by atoms with Gasteiger partial charge in [0.05, 0.1) is 47.2 Å². The van der Waals surface area contributed by atoms with Gasteiger partial charge in [0.15, 0.2) is 11.4 Å². The monoisotopic (exact) mass is 656 g/mol. The molecule has 4 aromatic carbocycles. The Morgan fingerprint density at radius 2 is 1.82 bits per heavy atom. The van der Waals surface area contributed by atoms with Crippen LogP contribution in [0, 0.1) is 13.5 Å². The first-order chi connectivity index (χ1) is 21.4. The Hall–Kier alpha value is -4.71. The molecule has 4 rings (SSSR count). The maximum atomic E-state index is 11.7. The van der Waals surface area contributed by atoms with Crippen LogP contribution in [0.2, 0.25) is 0 Å². The van der Waals surface area contributed by atoms with E-state index >= 15 is 0 Å². The second kappa shape index (κ2) is 14.4. The van der Waals surface area contributed by atoms with Gasteiger partial charge in [0.25, 0.3) is 10.1 Å². The van der Waals surface area contributed by atoms with E-state index in [9.17, 15) is 28.3 Å². The van der Waals surface area contributed by atoms with Crippen molar-refractivity contribution in [2.45, 2.75) is 22.8 Å². The molecule has 1 unspecified atom stereocenters. The van der Waals surface area contributed by atoms with Crippen LogP contribution in [-0.4, -0.2) is 52.9 Å². The number of nitrogens with two attached hydrogens (primary N) is 1. The molecule has 0 saturated carbocycles. The van der Waals surface area contributed by atoms with E-state index in [1.165, 1.54) is 18.2 Å². The van der Waals surface area contributed by atoms with Crippen molar-refractivity contribution < 1.29 is 47.7 Å². The van der Waals surface area contributed by atoms with Gasteiger partial charge in [-0.05, 0) is 54.3 Å².